The Kier molecular flexibility index (Phi) is 3.81. The first-order valence-electron chi connectivity index (χ1n) is 6.91. The van der Waals surface area contributed by atoms with Gasteiger partial charge in [-0.15, -0.1) is 0 Å². The molecule has 0 aromatic heterocycles. The summed E-state index contributed by atoms with van der Waals surface area (Å²) >= 11 is 0. The third-order valence-electron chi connectivity index (χ3n) is 3.77. The van der Waals surface area contributed by atoms with Crippen LogP contribution in [0.15, 0.2) is 48.5 Å². The first kappa shape index (κ1) is 13.3. The average molecular weight is 271 g/mol. The molecule has 3 rings (SSSR count). The van der Waals surface area contributed by atoms with Crippen LogP contribution in [0.2, 0.25) is 0 Å². The van der Waals surface area contributed by atoms with Crippen LogP contribution in [-0.2, 0) is 11.3 Å². The van der Waals surface area contributed by atoms with E-state index < -0.39 is 0 Å². The number of nitrogens with one attached hydrogen (secondary N) is 1. The molecule has 0 saturated heterocycles. The number of hydrogen-bond acceptors (Lipinski definition) is 2. The van der Waals surface area contributed by atoms with Crippen LogP contribution < -0.4 is 5.32 Å². The molecule has 0 fully saturated rings. The van der Waals surface area contributed by atoms with E-state index in [-0.39, 0.29) is 17.9 Å². The molecule has 2 aromatic rings. The highest BCUT2D eigenvalue weighted by molar-refractivity contribution is 5.31. The molecule has 0 aliphatic carbocycles. The summed E-state index contributed by atoms with van der Waals surface area (Å²) in [6.45, 7) is 3.37. The number of rotatable bonds is 3. The summed E-state index contributed by atoms with van der Waals surface area (Å²) < 4.78 is 18.9. The van der Waals surface area contributed by atoms with Crippen LogP contribution in [0.1, 0.15) is 35.7 Å². The SMILES string of the molecule is C[C@H](NC1COCc2ccccc21)c1cccc(F)c1. The highest BCUT2D eigenvalue weighted by atomic mass is 19.1. The van der Waals surface area contributed by atoms with Gasteiger partial charge in [0.1, 0.15) is 5.82 Å². The van der Waals surface area contributed by atoms with Crippen molar-refractivity contribution in [3.05, 3.63) is 71.0 Å². The van der Waals surface area contributed by atoms with Crippen molar-refractivity contribution < 1.29 is 9.13 Å². The van der Waals surface area contributed by atoms with Crippen molar-refractivity contribution in [2.45, 2.75) is 25.6 Å². The molecule has 1 aliphatic heterocycles. The maximum Gasteiger partial charge on any atom is 0.123 e. The molecule has 2 aromatic carbocycles. The Balaban J connectivity index is 1.79. The van der Waals surface area contributed by atoms with E-state index in [9.17, 15) is 4.39 Å². The van der Waals surface area contributed by atoms with E-state index in [0.717, 1.165) is 5.56 Å². The lowest BCUT2D eigenvalue weighted by atomic mass is 9.97. The van der Waals surface area contributed by atoms with Gasteiger partial charge in [-0.3, -0.25) is 0 Å². The zero-order valence-corrected chi connectivity index (χ0v) is 11.5. The Labute approximate surface area is 118 Å². The van der Waals surface area contributed by atoms with Gasteiger partial charge in [-0.2, -0.15) is 0 Å². The van der Waals surface area contributed by atoms with Crippen LogP contribution in [0.3, 0.4) is 0 Å². The van der Waals surface area contributed by atoms with E-state index in [1.807, 2.05) is 25.1 Å². The molecule has 1 unspecified atom stereocenters. The molecule has 1 aliphatic rings. The minimum absolute atomic E-state index is 0.0745. The molecular weight excluding hydrogens is 253 g/mol. The maximum atomic E-state index is 13.3. The Morgan fingerprint density at radius 1 is 1.20 bits per heavy atom. The first-order valence-corrected chi connectivity index (χ1v) is 6.91. The summed E-state index contributed by atoms with van der Waals surface area (Å²) in [5.41, 5.74) is 3.46. The highest BCUT2D eigenvalue weighted by Gasteiger charge is 2.22. The molecular formula is C17H18FNO. The largest absolute Gasteiger partial charge is 0.375 e. The molecule has 0 spiro atoms. The van der Waals surface area contributed by atoms with Crippen molar-refractivity contribution in [1.29, 1.82) is 0 Å². The minimum Gasteiger partial charge on any atom is -0.375 e. The van der Waals surface area contributed by atoms with Gasteiger partial charge in [0.25, 0.3) is 0 Å². The van der Waals surface area contributed by atoms with E-state index >= 15 is 0 Å². The Hall–Kier alpha value is -1.71. The van der Waals surface area contributed by atoms with Gasteiger partial charge in [0.05, 0.1) is 19.3 Å². The molecule has 0 amide bonds. The van der Waals surface area contributed by atoms with Gasteiger partial charge in [0.15, 0.2) is 0 Å². The summed E-state index contributed by atoms with van der Waals surface area (Å²) in [6.07, 6.45) is 0. The monoisotopic (exact) mass is 271 g/mol. The van der Waals surface area contributed by atoms with Gasteiger partial charge in [0.2, 0.25) is 0 Å². The molecule has 2 nitrogen and oxygen atoms in total. The Morgan fingerprint density at radius 3 is 2.90 bits per heavy atom. The molecule has 0 radical (unpaired) electrons. The van der Waals surface area contributed by atoms with Crippen molar-refractivity contribution in [2.24, 2.45) is 0 Å². The third kappa shape index (κ3) is 2.74. The fourth-order valence-corrected chi connectivity index (χ4v) is 2.69. The van der Waals surface area contributed by atoms with Crippen LogP contribution >= 0.6 is 0 Å². The van der Waals surface area contributed by atoms with Gasteiger partial charge < -0.3 is 10.1 Å². The number of ether oxygens (including phenoxy) is 1. The molecule has 0 bridgehead atoms. The zero-order valence-electron chi connectivity index (χ0n) is 11.5. The number of hydrogen-bond donors (Lipinski definition) is 1. The fourth-order valence-electron chi connectivity index (χ4n) is 2.69. The Bertz CT molecular complexity index is 599. The summed E-state index contributed by atoms with van der Waals surface area (Å²) in [5, 5.41) is 3.53. The molecule has 1 N–H and O–H groups in total. The van der Waals surface area contributed by atoms with Gasteiger partial charge in [-0.1, -0.05) is 36.4 Å². The predicted octanol–water partition coefficient (Wildman–Crippen LogP) is 3.75. The number of benzene rings is 2. The van der Waals surface area contributed by atoms with E-state index in [1.165, 1.54) is 17.2 Å². The van der Waals surface area contributed by atoms with Gasteiger partial charge in [0, 0.05) is 6.04 Å². The fraction of sp³-hybridized carbons (Fsp3) is 0.294. The predicted molar refractivity (Wildman–Crippen MR) is 76.8 cm³/mol. The van der Waals surface area contributed by atoms with Crippen molar-refractivity contribution in [2.75, 3.05) is 6.61 Å². The number of fused-ring (bicyclic) bond motifs is 1. The smallest absolute Gasteiger partial charge is 0.123 e. The second-order valence-electron chi connectivity index (χ2n) is 5.21. The van der Waals surface area contributed by atoms with E-state index in [2.05, 4.69) is 17.4 Å². The maximum absolute atomic E-state index is 13.3. The van der Waals surface area contributed by atoms with E-state index in [1.54, 1.807) is 12.1 Å². The molecule has 3 heteroatoms. The van der Waals surface area contributed by atoms with Crippen molar-refractivity contribution in [1.82, 2.24) is 5.32 Å². The molecule has 20 heavy (non-hydrogen) atoms. The second kappa shape index (κ2) is 5.73. The molecule has 2 atom stereocenters. The molecule has 1 heterocycles. The zero-order chi connectivity index (χ0) is 13.9. The molecule has 0 saturated carbocycles. The van der Waals surface area contributed by atoms with Gasteiger partial charge in [-0.25, -0.2) is 4.39 Å². The summed E-state index contributed by atoms with van der Waals surface area (Å²) in [4.78, 5) is 0. The lowest BCUT2D eigenvalue weighted by Gasteiger charge is -2.29. The lowest BCUT2D eigenvalue weighted by Crippen LogP contribution is -2.31. The summed E-state index contributed by atoms with van der Waals surface area (Å²) in [5.74, 6) is -0.198. The van der Waals surface area contributed by atoms with Crippen LogP contribution in [0.4, 0.5) is 4.39 Å². The van der Waals surface area contributed by atoms with E-state index in [4.69, 9.17) is 4.74 Å². The lowest BCUT2D eigenvalue weighted by molar-refractivity contribution is 0.0791. The Morgan fingerprint density at radius 2 is 2.05 bits per heavy atom. The van der Waals surface area contributed by atoms with E-state index in [0.29, 0.717) is 13.2 Å². The molecule has 104 valence electrons. The topological polar surface area (TPSA) is 21.3 Å². The summed E-state index contributed by atoms with van der Waals surface area (Å²) in [6, 6.07) is 15.3. The normalized spacial score (nSPS) is 19.4. The van der Waals surface area contributed by atoms with Crippen molar-refractivity contribution >= 4 is 0 Å². The first-order chi connectivity index (χ1) is 9.74. The van der Waals surface area contributed by atoms with Crippen molar-refractivity contribution in [3.8, 4) is 0 Å². The standard InChI is InChI=1S/C17H18FNO/c1-12(13-6-4-7-15(18)9-13)19-17-11-20-10-14-5-2-3-8-16(14)17/h2-9,12,17,19H,10-11H2,1H3/t12-,17?/m0/s1. The quantitative estimate of drug-likeness (QED) is 0.918. The van der Waals surface area contributed by atoms with Crippen LogP contribution in [0.25, 0.3) is 0 Å². The van der Waals surface area contributed by atoms with Crippen LogP contribution in [-0.4, -0.2) is 6.61 Å². The summed E-state index contributed by atoms with van der Waals surface area (Å²) in [7, 11) is 0. The van der Waals surface area contributed by atoms with Gasteiger partial charge >= 0.3 is 0 Å². The van der Waals surface area contributed by atoms with Crippen molar-refractivity contribution in [3.63, 3.8) is 0 Å². The van der Waals surface area contributed by atoms with Crippen LogP contribution in [0, 0.1) is 5.82 Å². The third-order valence-corrected chi connectivity index (χ3v) is 3.77. The highest BCUT2D eigenvalue weighted by Crippen LogP contribution is 2.27. The second-order valence-corrected chi connectivity index (χ2v) is 5.21. The minimum atomic E-state index is -0.198. The number of halogens is 1. The average Bonchev–Trinajstić information content (AvgIpc) is 2.47. The van der Waals surface area contributed by atoms with Gasteiger partial charge in [-0.05, 0) is 35.7 Å². The van der Waals surface area contributed by atoms with Crippen LogP contribution in [0.5, 0.6) is 0 Å².